The molecule has 152 valence electrons. The topological polar surface area (TPSA) is 108 Å². The summed E-state index contributed by atoms with van der Waals surface area (Å²) in [6.45, 7) is 3.38. The third-order valence-corrected chi connectivity index (χ3v) is 4.41. The summed E-state index contributed by atoms with van der Waals surface area (Å²) >= 11 is 5.86. The van der Waals surface area contributed by atoms with Gasteiger partial charge in [-0.1, -0.05) is 30.4 Å². The van der Waals surface area contributed by atoms with Crippen molar-refractivity contribution in [3.05, 3.63) is 53.1 Å². The fourth-order valence-electron chi connectivity index (χ4n) is 2.88. The van der Waals surface area contributed by atoms with E-state index in [0.29, 0.717) is 37.3 Å². The summed E-state index contributed by atoms with van der Waals surface area (Å²) in [7, 11) is 0. The first-order chi connectivity index (χ1) is 14.1. The number of rotatable bonds is 8. The van der Waals surface area contributed by atoms with Crippen LogP contribution < -0.4 is 11.1 Å². The number of nitrogen functional groups attached to an aromatic ring is 1. The number of fused-ring (bicyclic) bond motifs is 1. The highest BCUT2D eigenvalue weighted by molar-refractivity contribution is 6.28. The molecule has 9 heteroatoms. The second-order valence-corrected chi connectivity index (χ2v) is 6.77. The number of amides is 1. The van der Waals surface area contributed by atoms with E-state index in [9.17, 15) is 4.79 Å². The van der Waals surface area contributed by atoms with Gasteiger partial charge in [-0.25, -0.2) is 9.78 Å². The highest BCUT2D eigenvalue weighted by Gasteiger charge is 2.10. The SMILES string of the molecule is C/C=C\c1cccc(CNC(=O)OCCCCn2cnc3c(N)nc(Cl)nc32)c1. The molecule has 3 aromatic rings. The number of aryl methyl sites for hydroxylation is 1. The van der Waals surface area contributed by atoms with Gasteiger partial charge >= 0.3 is 6.09 Å². The van der Waals surface area contributed by atoms with E-state index in [1.807, 2.05) is 47.9 Å². The van der Waals surface area contributed by atoms with Crippen LogP contribution in [-0.2, 0) is 17.8 Å². The zero-order valence-corrected chi connectivity index (χ0v) is 16.9. The quantitative estimate of drug-likeness (QED) is 0.428. The van der Waals surface area contributed by atoms with Gasteiger partial charge in [-0.2, -0.15) is 9.97 Å². The molecule has 0 fully saturated rings. The van der Waals surface area contributed by atoms with Gasteiger partial charge in [-0.05, 0) is 48.6 Å². The predicted octanol–water partition coefficient (Wildman–Crippen LogP) is 3.80. The van der Waals surface area contributed by atoms with Crippen LogP contribution in [0.2, 0.25) is 5.28 Å². The third kappa shape index (κ3) is 5.68. The van der Waals surface area contributed by atoms with Crippen molar-refractivity contribution in [3.63, 3.8) is 0 Å². The molecule has 1 aromatic carbocycles. The largest absolute Gasteiger partial charge is 0.450 e. The Kier molecular flexibility index (Phi) is 7.02. The Morgan fingerprint density at radius 3 is 3.03 bits per heavy atom. The lowest BCUT2D eigenvalue weighted by molar-refractivity contribution is 0.143. The molecule has 8 nitrogen and oxygen atoms in total. The van der Waals surface area contributed by atoms with Crippen LogP contribution in [0.15, 0.2) is 36.7 Å². The number of hydrogen-bond donors (Lipinski definition) is 2. The number of benzene rings is 1. The van der Waals surface area contributed by atoms with Crippen molar-refractivity contribution in [3.8, 4) is 0 Å². The number of carbonyl (C=O) groups is 1. The molecule has 3 N–H and O–H groups in total. The van der Waals surface area contributed by atoms with Crippen molar-refractivity contribution in [2.45, 2.75) is 32.9 Å². The summed E-state index contributed by atoms with van der Waals surface area (Å²) in [6.07, 6.45) is 6.70. The van der Waals surface area contributed by atoms with E-state index in [-0.39, 0.29) is 11.1 Å². The molecule has 0 spiro atoms. The molecule has 0 saturated heterocycles. The molecule has 29 heavy (non-hydrogen) atoms. The Hall–Kier alpha value is -3.13. The Balaban J connectivity index is 1.38. The molecule has 0 saturated carbocycles. The number of aromatic nitrogens is 4. The molecule has 0 bridgehead atoms. The van der Waals surface area contributed by atoms with Gasteiger partial charge in [0.1, 0.15) is 5.52 Å². The van der Waals surface area contributed by atoms with Gasteiger partial charge in [-0.15, -0.1) is 0 Å². The Morgan fingerprint density at radius 2 is 2.21 bits per heavy atom. The van der Waals surface area contributed by atoms with Crippen molar-refractivity contribution in [2.75, 3.05) is 12.3 Å². The number of nitrogens with zero attached hydrogens (tertiary/aromatic N) is 4. The van der Waals surface area contributed by atoms with Crippen molar-refractivity contribution in [1.82, 2.24) is 24.8 Å². The van der Waals surface area contributed by atoms with Crippen LogP contribution in [-0.4, -0.2) is 32.2 Å². The van der Waals surface area contributed by atoms with E-state index in [2.05, 4.69) is 20.3 Å². The summed E-state index contributed by atoms with van der Waals surface area (Å²) in [5.41, 5.74) is 9.04. The predicted molar refractivity (Wildman–Crippen MR) is 113 cm³/mol. The average Bonchev–Trinajstić information content (AvgIpc) is 3.10. The maximum absolute atomic E-state index is 11.9. The van der Waals surface area contributed by atoms with Crippen LogP contribution in [0, 0.1) is 0 Å². The lowest BCUT2D eigenvalue weighted by Crippen LogP contribution is -2.24. The zero-order chi connectivity index (χ0) is 20.6. The first-order valence-corrected chi connectivity index (χ1v) is 9.70. The fourth-order valence-corrected chi connectivity index (χ4v) is 3.05. The second kappa shape index (κ2) is 9.88. The highest BCUT2D eigenvalue weighted by Crippen LogP contribution is 2.18. The van der Waals surface area contributed by atoms with Crippen LogP contribution in [0.1, 0.15) is 30.9 Å². The van der Waals surface area contributed by atoms with Crippen LogP contribution in [0.5, 0.6) is 0 Å². The Labute approximate surface area is 173 Å². The van der Waals surface area contributed by atoms with Crippen molar-refractivity contribution in [2.24, 2.45) is 0 Å². The minimum Gasteiger partial charge on any atom is -0.450 e. The Bertz CT molecular complexity index is 1020. The molecule has 3 rings (SSSR count). The minimum absolute atomic E-state index is 0.0907. The number of alkyl carbamates (subject to hydrolysis) is 1. The number of carbonyl (C=O) groups excluding carboxylic acids is 1. The number of halogens is 1. The number of allylic oxidation sites excluding steroid dienone is 1. The average molecular weight is 415 g/mol. The number of nitrogens with one attached hydrogen (secondary N) is 1. The van der Waals surface area contributed by atoms with Gasteiger partial charge in [0, 0.05) is 13.1 Å². The molecule has 2 aromatic heterocycles. The van der Waals surface area contributed by atoms with Gasteiger partial charge in [0.15, 0.2) is 11.5 Å². The number of anilines is 1. The molecule has 0 aliphatic heterocycles. The van der Waals surface area contributed by atoms with Crippen molar-refractivity contribution >= 4 is 40.8 Å². The van der Waals surface area contributed by atoms with Crippen LogP contribution >= 0.6 is 11.6 Å². The monoisotopic (exact) mass is 414 g/mol. The summed E-state index contributed by atoms with van der Waals surface area (Å²) in [5, 5.41) is 2.85. The molecule has 0 unspecified atom stereocenters. The standard InChI is InChI=1S/C20H23ClN6O2/c1-2-6-14-7-5-8-15(11-14)12-23-20(28)29-10-4-3-9-27-13-24-16-17(22)25-19(21)26-18(16)27/h2,5-8,11,13H,3-4,9-10,12H2,1H3,(H,23,28)(H2,22,25,26)/b6-2-. The maximum Gasteiger partial charge on any atom is 0.407 e. The zero-order valence-electron chi connectivity index (χ0n) is 16.1. The number of nitrogens with two attached hydrogens (primary N) is 1. The van der Waals surface area contributed by atoms with E-state index in [4.69, 9.17) is 22.1 Å². The van der Waals surface area contributed by atoms with Gasteiger partial charge in [-0.3, -0.25) is 0 Å². The van der Waals surface area contributed by atoms with E-state index in [0.717, 1.165) is 17.5 Å². The Morgan fingerprint density at radius 1 is 1.34 bits per heavy atom. The van der Waals surface area contributed by atoms with Gasteiger partial charge < -0.3 is 20.4 Å². The van der Waals surface area contributed by atoms with Gasteiger partial charge in [0.2, 0.25) is 5.28 Å². The molecule has 0 aliphatic rings. The summed E-state index contributed by atoms with van der Waals surface area (Å²) in [4.78, 5) is 24.1. The second-order valence-electron chi connectivity index (χ2n) is 6.43. The maximum atomic E-state index is 11.9. The molecule has 1 amide bonds. The molecule has 0 radical (unpaired) electrons. The first-order valence-electron chi connectivity index (χ1n) is 9.33. The van der Waals surface area contributed by atoms with E-state index in [1.54, 1.807) is 6.33 Å². The lowest BCUT2D eigenvalue weighted by atomic mass is 10.1. The van der Waals surface area contributed by atoms with Gasteiger partial charge in [0.05, 0.1) is 12.9 Å². The fraction of sp³-hybridized carbons (Fsp3) is 0.300. The smallest absolute Gasteiger partial charge is 0.407 e. The summed E-state index contributed by atoms with van der Waals surface area (Å²) in [6, 6.07) is 7.96. The molecular formula is C20H23ClN6O2. The molecular weight excluding hydrogens is 392 g/mol. The third-order valence-electron chi connectivity index (χ3n) is 4.24. The first kappa shape index (κ1) is 20.6. The number of unbranched alkanes of at least 4 members (excludes halogenated alkanes) is 1. The number of hydrogen-bond acceptors (Lipinski definition) is 6. The van der Waals surface area contributed by atoms with Crippen LogP contribution in [0.3, 0.4) is 0 Å². The van der Waals surface area contributed by atoms with E-state index >= 15 is 0 Å². The molecule has 0 aliphatic carbocycles. The highest BCUT2D eigenvalue weighted by atomic mass is 35.5. The van der Waals surface area contributed by atoms with E-state index < -0.39 is 6.09 Å². The summed E-state index contributed by atoms with van der Waals surface area (Å²) < 4.78 is 7.09. The van der Waals surface area contributed by atoms with Crippen molar-refractivity contribution < 1.29 is 9.53 Å². The van der Waals surface area contributed by atoms with Crippen LogP contribution in [0.4, 0.5) is 10.6 Å². The summed E-state index contributed by atoms with van der Waals surface area (Å²) in [5.74, 6) is 0.259. The number of ether oxygens (including phenoxy) is 1. The van der Waals surface area contributed by atoms with Gasteiger partial charge in [0.25, 0.3) is 0 Å². The van der Waals surface area contributed by atoms with Crippen molar-refractivity contribution in [1.29, 1.82) is 0 Å². The lowest BCUT2D eigenvalue weighted by Gasteiger charge is -2.08. The molecule has 0 atom stereocenters. The molecule has 2 heterocycles. The normalized spacial score (nSPS) is 11.2. The number of imidazole rings is 1. The van der Waals surface area contributed by atoms with E-state index in [1.165, 1.54) is 0 Å². The minimum atomic E-state index is -0.429. The van der Waals surface area contributed by atoms with Crippen LogP contribution in [0.25, 0.3) is 17.2 Å².